The van der Waals surface area contributed by atoms with Crippen LogP contribution in [0.5, 0.6) is 0 Å². The fourth-order valence-electron chi connectivity index (χ4n) is 0.777. The van der Waals surface area contributed by atoms with Gasteiger partial charge in [0.15, 0.2) is 0 Å². The fourth-order valence-corrected chi connectivity index (χ4v) is 0.777. The van der Waals surface area contributed by atoms with Gasteiger partial charge in [0.05, 0.1) is 0 Å². The molecule has 0 saturated heterocycles. The van der Waals surface area contributed by atoms with Crippen molar-refractivity contribution in [3.8, 4) is 0 Å². The maximum atomic E-state index is 9.55. The number of aliphatic hydroxyl groups is 1. The minimum atomic E-state index is -1.26. The molecule has 0 rings (SSSR count). The predicted molar refractivity (Wildman–Crippen MR) is 73.7 cm³/mol. The van der Waals surface area contributed by atoms with Crippen molar-refractivity contribution in [3.05, 3.63) is 12.2 Å². The van der Waals surface area contributed by atoms with Crippen LogP contribution in [-0.4, -0.2) is 58.8 Å². The van der Waals surface area contributed by atoms with Gasteiger partial charge in [0.25, 0.3) is 0 Å². The molecule has 8 nitrogen and oxygen atoms in total. The van der Waals surface area contributed by atoms with E-state index in [2.05, 4.69) is 10.5 Å². The number of carbonyl (C=O) groups is 2. The van der Waals surface area contributed by atoms with Crippen LogP contribution in [0.1, 0.15) is 20.8 Å². The number of nitrogens with zero attached hydrogens (tertiary/aromatic N) is 1. The number of hydrogen-bond donors (Lipinski definition) is 4. The normalized spacial score (nSPS) is 12.2. The maximum Gasteiger partial charge on any atom is 0.328 e. The van der Waals surface area contributed by atoms with E-state index in [1.165, 1.54) is 0 Å². The van der Waals surface area contributed by atoms with E-state index in [1.54, 1.807) is 13.1 Å². The molecule has 0 heterocycles. The molecule has 1 unspecified atom stereocenters. The molecule has 0 aliphatic carbocycles. The molecule has 20 heavy (non-hydrogen) atoms. The smallest absolute Gasteiger partial charge is 0.328 e. The molecule has 1 atom stereocenters. The molecule has 0 aliphatic heterocycles. The number of aliphatic hydroxyl groups excluding tert-OH is 1. The minimum Gasteiger partial charge on any atom is -0.478 e. The van der Waals surface area contributed by atoms with Gasteiger partial charge in [-0.2, -0.15) is 0 Å². The molecule has 8 heteroatoms. The van der Waals surface area contributed by atoms with Crippen molar-refractivity contribution in [1.82, 2.24) is 5.32 Å². The molecule has 0 spiro atoms. The van der Waals surface area contributed by atoms with Crippen LogP contribution >= 0.6 is 0 Å². The van der Waals surface area contributed by atoms with E-state index in [1.807, 2.05) is 13.8 Å². The van der Waals surface area contributed by atoms with Crippen LogP contribution < -0.4 is 5.32 Å². The lowest BCUT2D eigenvalue weighted by Gasteiger charge is -2.12. The van der Waals surface area contributed by atoms with Gasteiger partial charge in [-0.1, -0.05) is 19.0 Å². The monoisotopic (exact) mass is 290 g/mol. The molecule has 0 radical (unpaired) electrons. The van der Waals surface area contributed by atoms with Crippen LogP contribution in [-0.2, 0) is 14.4 Å². The van der Waals surface area contributed by atoms with E-state index in [9.17, 15) is 14.7 Å². The first-order valence-corrected chi connectivity index (χ1v) is 5.94. The fraction of sp³-hybridized carbons (Fsp3) is 0.583. The minimum absolute atomic E-state index is 0.240. The van der Waals surface area contributed by atoms with Crippen LogP contribution in [0.4, 0.5) is 0 Å². The van der Waals surface area contributed by atoms with Crippen LogP contribution in [0, 0.1) is 0 Å². The van der Waals surface area contributed by atoms with Gasteiger partial charge in [-0.3, -0.25) is 0 Å². The highest BCUT2D eigenvalue weighted by atomic mass is 16.6. The lowest BCUT2D eigenvalue weighted by molar-refractivity contribution is -0.134. The third-order valence-corrected chi connectivity index (χ3v) is 1.58. The third kappa shape index (κ3) is 21.4. The Morgan fingerprint density at radius 3 is 2.10 bits per heavy atom. The van der Waals surface area contributed by atoms with Crippen molar-refractivity contribution < 1.29 is 29.7 Å². The topological polar surface area (TPSA) is 128 Å². The number of aliphatic carboxylic acids is 2. The zero-order valence-electron chi connectivity index (χ0n) is 11.8. The van der Waals surface area contributed by atoms with E-state index in [0.717, 1.165) is 0 Å². The molecule has 0 amide bonds. The number of hydrogen-bond acceptors (Lipinski definition) is 6. The van der Waals surface area contributed by atoms with Crippen molar-refractivity contribution in [1.29, 1.82) is 0 Å². The Morgan fingerprint density at radius 2 is 1.75 bits per heavy atom. The Morgan fingerprint density at radius 1 is 1.25 bits per heavy atom. The summed E-state index contributed by atoms with van der Waals surface area (Å²) < 4.78 is 0. The van der Waals surface area contributed by atoms with Gasteiger partial charge in [-0.15, -0.1) is 0 Å². The van der Waals surface area contributed by atoms with E-state index >= 15 is 0 Å². The first-order chi connectivity index (χ1) is 9.29. The quantitative estimate of drug-likeness (QED) is 0.283. The number of carboxylic acids is 2. The summed E-state index contributed by atoms with van der Waals surface area (Å²) >= 11 is 0. The van der Waals surface area contributed by atoms with Crippen molar-refractivity contribution in [2.45, 2.75) is 32.9 Å². The molecule has 0 aromatic rings. The lowest BCUT2D eigenvalue weighted by atomic mass is 10.3. The molecule has 0 saturated carbocycles. The van der Waals surface area contributed by atoms with Crippen LogP contribution in [0.25, 0.3) is 0 Å². The van der Waals surface area contributed by atoms with Crippen LogP contribution in [0.15, 0.2) is 17.3 Å². The summed E-state index contributed by atoms with van der Waals surface area (Å²) in [6.07, 6.45) is 2.17. The third-order valence-electron chi connectivity index (χ3n) is 1.58. The molecular formula is C12H22N2O6. The zero-order valence-corrected chi connectivity index (χ0v) is 11.8. The molecule has 116 valence electrons. The average molecular weight is 290 g/mol. The van der Waals surface area contributed by atoms with Crippen molar-refractivity contribution in [2.24, 2.45) is 5.16 Å². The first kappa shape index (κ1) is 20.4. The van der Waals surface area contributed by atoms with Crippen molar-refractivity contribution >= 4 is 18.2 Å². The predicted octanol–water partition coefficient (Wildman–Crippen LogP) is 0.0794. The summed E-state index contributed by atoms with van der Waals surface area (Å²) in [5.41, 5.74) is 0. The van der Waals surface area contributed by atoms with E-state index in [4.69, 9.17) is 15.1 Å². The molecule has 0 aromatic heterocycles. The number of oxime groups is 1. The van der Waals surface area contributed by atoms with Gasteiger partial charge in [0, 0.05) is 31.0 Å². The summed E-state index contributed by atoms with van der Waals surface area (Å²) in [6.45, 7) is 6.59. The van der Waals surface area contributed by atoms with E-state index in [0.29, 0.717) is 24.7 Å². The number of carboxylic acid groups (broad SMARTS) is 2. The molecule has 4 N–H and O–H groups in total. The highest BCUT2D eigenvalue weighted by molar-refractivity contribution is 5.89. The van der Waals surface area contributed by atoms with Gasteiger partial charge in [-0.25, -0.2) is 9.59 Å². The Hall–Kier alpha value is -1.93. The second-order valence-electron chi connectivity index (χ2n) is 3.89. The Bertz CT molecular complexity index is 312. The van der Waals surface area contributed by atoms with Crippen LogP contribution in [0.2, 0.25) is 0 Å². The molecule has 0 aromatic carbocycles. The summed E-state index contributed by atoms with van der Waals surface area (Å²) in [7, 11) is 0. The summed E-state index contributed by atoms with van der Waals surface area (Å²) in [5, 5.41) is 31.5. The zero-order chi connectivity index (χ0) is 16.0. The number of nitrogens with one attached hydrogen (secondary N) is 1. The summed E-state index contributed by atoms with van der Waals surface area (Å²) in [4.78, 5) is 23.9. The van der Waals surface area contributed by atoms with Crippen molar-refractivity contribution in [2.75, 3.05) is 13.2 Å². The molecule has 0 bridgehead atoms. The van der Waals surface area contributed by atoms with Gasteiger partial charge in [0.2, 0.25) is 0 Å². The summed E-state index contributed by atoms with van der Waals surface area (Å²) in [6, 6.07) is 0.384. The molecule has 0 aliphatic rings. The first-order valence-electron chi connectivity index (χ1n) is 5.94. The Kier molecular flexibility index (Phi) is 13.8. The standard InChI is InChI=1S/C8H18N2O2.C4H4O4/c1-4-10-12-6-8(11)5-9-7(2)3;5-3(6)1-2-4(7)8/h4,7-9,11H,5-6H2,1-3H3;1-2H,(H,5,6)(H,7,8)/b10-4+;2-1+. The lowest BCUT2D eigenvalue weighted by Crippen LogP contribution is -2.34. The highest BCUT2D eigenvalue weighted by Gasteiger charge is 2.04. The van der Waals surface area contributed by atoms with Crippen LogP contribution in [0.3, 0.4) is 0 Å². The second-order valence-corrected chi connectivity index (χ2v) is 3.89. The van der Waals surface area contributed by atoms with Gasteiger partial charge in [0.1, 0.15) is 12.7 Å². The molecule has 0 fully saturated rings. The van der Waals surface area contributed by atoms with Gasteiger partial charge in [-0.05, 0) is 6.92 Å². The van der Waals surface area contributed by atoms with Gasteiger partial charge < -0.3 is 25.5 Å². The van der Waals surface area contributed by atoms with Crippen molar-refractivity contribution in [3.63, 3.8) is 0 Å². The Balaban J connectivity index is 0. The SMILES string of the molecule is C/C=N/OCC(O)CNC(C)C.O=C(O)/C=C/C(=O)O. The summed E-state index contributed by atoms with van der Waals surface area (Å²) in [5.74, 6) is -2.51. The average Bonchev–Trinajstić information content (AvgIpc) is 2.35. The highest BCUT2D eigenvalue weighted by Crippen LogP contribution is 1.85. The largest absolute Gasteiger partial charge is 0.478 e. The maximum absolute atomic E-state index is 9.55. The Labute approximate surface area is 117 Å². The van der Waals surface area contributed by atoms with E-state index < -0.39 is 18.0 Å². The van der Waals surface area contributed by atoms with Gasteiger partial charge >= 0.3 is 11.9 Å². The van der Waals surface area contributed by atoms with E-state index in [-0.39, 0.29) is 6.61 Å². The molecular weight excluding hydrogens is 268 g/mol. The number of rotatable bonds is 8. The second kappa shape index (κ2) is 13.5.